The zero-order valence-corrected chi connectivity index (χ0v) is 16.9. The van der Waals surface area contributed by atoms with Crippen molar-refractivity contribution in [3.8, 4) is 11.5 Å². The SMILES string of the molecule is O=C1C(=Cc2cccc(N(O)O)c2)Oc2c1ccc([O-])c2CN1CCN(CCO)CC1. The lowest BCUT2D eigenvalue weighted by molar-refractivity contribution is -0.269. The van der Waals surface area contributed by atoms with E-state index < -0.39 is 0 Å². The van der Waals surface area contributed by atoms with Gasteiger partial charge in [-0.15, -0.1) is 11.0 Å². The fraction of sp³-hybridized carbons (Fsp3) is 0.318. The molecule has 9 heteroatoms. The Morgan fingerprint density at radius 3 is 2.55 bits per heavy atom. The van der Waals surface area contributed by atoms with E-state index in [2.05, 4.69) is 9.80 Å². The number of anilines is 1. The number of aliphatic hydroxyl groups excluding tert-OH is 1. The topological polar surface area (TPSA) is 120 Å². The average molecular weight is 426 g/mol. The number of carbonyl (C=O) groups is 1. The molecule has 0 atom stereocenters. The summed E-state index contributed by atoms with van der Waals surface area (Å²) in [7, 11) is 0. The molecule has 0 amide bonds. The summed E-state index contributed by atoms with van der Waals surface area (Å²) in [6.45, 7) is 4.26. The van der Waals surface area contributed by atoms with Crippen LogP contribution in [-0.4, -0.2) is 70.4 Å². The van der Waals surface area contributed by atoms with Gasteiger partial charge in [0, 0.05) is 44.8 Å². The fourth-order valence-corrected chi connectivity index (χ4v) is 3.87. The summed E-state index contributed by atoms with van der Waals surface area (Å²) in [6, 6.07) is 9.19. The lowest BCUT2D eigenvalue weighted by atomic mass is 10.0. The van der Waals surface area contributed by atoms with Gasteiger partial charge in [-0.3, -0.25) is 25.0 Å². The summed E-state index contributed by atoms with van der Waals surface area (Å²) in [5.74, 6) is -0.124. The number of hydrogen-bond donors (Lipinski definition) is 3. The number of ether oxygens (including phenoxy) is 1. The van der Waals surface area contributed by atoms with Gasteiger partial charge in [-0.25, -0.2) is 0 Å². The maximum Gasteiger partial charge on any atom is 0.231 e. The molecule has 0 saturated carbocycles. The molecule has 3 N–H and O–H groups in total. The van der Waals surface area contributed by atoms with Crippen molar-refractivity contribution < 1.29 is 30.2 Å². The predicted octanol–water partition coefficient (Wildman–Crippen LogP) is 1.07. The first-order valence-corrected chi connectivity index (χ1v) is 10.1. The van der Waals surface area contributed by atoms with Gasteiger partial charge in [0.1, 0.15) is 5.75 Å². The monoisotopic (exact) mass is 426 g/mol. The quantitative estimate of drug-likeness (QED) is 0.460. The van der Waals surface area contributed by atoms with E-state index >= 15 is 0 Å². The number of ketones is 1. The number of allylic oxidation sites excluding steroid dienone is 1. The normalized spacial score (nSPS) is 18.3. The summed E-state index contributed by atoms with van der Waals surface area (Å²) in [6.07, 6.45) is 1.51. The van der Waals surface area contributed by atoms with Gasteiger partial charge >= 0.3 is 0 Å². The van der Waals surface area contributed by atoms with Crippen molar-refractivity contribution in [2.24, 2.45) is 0 Å². The smallest absolute Gasteiger partial charge is 0.231 e. The molecule has 0 unspecified atom stereocenters. The van der Waals surface area contributed by atoms with Crippen LogP contribution in [0.3, 0.4) is 0 Å². The van der Waals surface area contributed by atoms with Gasteiger partial charge in [-0.05, 0) is 29.8 Å². The molecule has 2 aliphatic rings. The lowest BCUT2D eigenvalue weighted by Crippen LogP contribution is -2.46. The van der Waals surface area contributed by atoms with Gasteiger partial charge in [-0.2, -0.15) is 0 Å². The first-order chi connectivity index (χ1) is 15.0. The number of piperazine rings is 1. The highest BCUT2D eigenvalue weighted by atomic mass is 16.8. The van der Waals surface area contributed by atoms with E-state index in [0.717, 1.165) is 26.2 Å². The molecule has 0 aliphatic carbocycles. The second kappa shape index (κ2) is 9.04. The number of nitrogens with zero attached hydrogens (tertiary/aromatic N) is 3. The van der Waals surface area contributed by atoms with Crippen LogP contribution in [0.2, 0.25) is 0 Å². The number of carbonyl (C=O) groups excluding carboxylic acids is 1. The minimum Gasteiger partial charge on any atom is -0.872 e. The van der Waals surface area contributed by atoms with Crippen LogP contribution >= 0.6 is 0 Å². The molecular formula is C22H24N3O6-. The average Bonchev–Trinajstić information content (AvgIpc) is 3.07. The summed E-state index contributed by atoms with van der Waals surface area (Å²) in [5.41, 5.74) is 1.49. The maximum absolute atomic E-state index is 12.8. The highest BCUT2D eigenvalue weighted by Gasteiger charge is 2.30. The molecule has 1 fully saturated rings. The third kappa shape index (κ3) is 4.55. The van der Waals surface area contributed by atoms with Crippen LogP contribution in [0.5, 0.6) is 11.5 Å². The van der Waals surface area contributed by atoms with E-state index in [4.69, 9.17) is 9.84 Å². The number of fused-ring (bicyclic) bond motifs is 1. The van der Waals surface area contributed by atoms with Crippen molar-refractivity contribution in [3.63, 3.8) is 0 Å². The Morgan fingerprint density at radius 1 is 1.10 bits per heavy atom. The van der Waals surface area contributed by atoms with E-state index in [-0.39, 0.29) is 34.8 Å². The summed E-state index contributed by atoms with van der Waals surface area (Å²) < 4.78 is 5.84. The standard InChI is InChI=1S/C22H25N3O6/c26-11-10-23-6-8-24(9-7-23)14-18-19(27)5-4-17-21(28)20(31-22(17)18)13-15-2-1-3-16(12-15)25(29)30/h1-5,12-13,26-27,29-30H,6-11,14H2/p-1. The Labute approximate surface area is 179 Å². The number of benzene rings is 2. The zero-order chi connectivity index (χ0) is 22.0. The molecule has 31 heavy (non-hydrogen) atoms. The van der Waals surface area contributed by atoms with Gasteiger partial charge in [0.15, 0.2) is 5.76 Å². The molecule has 4 rings (SSSR count). The number of β-amino-alcohol motifs (C(OH)–C–C–N with tert-alkyl or cyclic N) is 1. The van der Waals surface area contributed by atoms with Gasteiger partial charge in [0.05, 0.1) is 17.9 Å². The fourth-order valence-electron chi connectivity index (χ4n) is 3.87. The van der Waals surface area contributed by atoms with Crippen molar-refractivity contribution >= 4 is 17.5 Å². The minimum atomic E-state index is -0.320. The van der Waals surface area contributed by atoms with Crippen LogP contribution in [-0.2, 0) is 6.54 Å². The second-order valence-corrected chi connectivity index (χ2v) is 7.58. The Morgan fingerprint density at radius 2 is 1.84 bits per heavy atom. The molecule has 0 radical (unpaired) electrons. The molecule has 0 aromatic heterocycles. The predicted molar refractivity (Wildman–Crippen MR) is 110 cm³/mol. The second-order valence-electron chi connectivity index (χ2n) is 7.58. The molecular weight excluding hydrogens is 402 g/mol. The van der Waals surface area contributed by atoms with Crippen molar-refractivity contribution in [2.45, 2.75) is 6.54 Å². The van der Waals surface area contributed by atoms with Crippen molar-refractivity contribution in [2.75, 3.05) is 44.6 Å². The molecule has 1 saturated heterocycles. The van der Waals surface area contributed by atoms with Crippen molar-refractivity contribution in [3.05, 3.63) is 58.8 Å². The Balaban J connectivity index is 1.55. The van der Waals surface area contributed by atoms with Crippen LogP contribution in [0, 0.1) is 0 Å². The van der Waals surface area contributed by atoms with Crippen molar-refractivity contribution in [1.29, 1.82) is 0 Å². The number of Topliss-reactive ketones (excluding diaryl/α,β-unsaturated/α-hetero) is 1. The van der Waals surface area contributed by atoms with E-state index in [0.29, 0.717) is 35.5 Å². The van der Waals surface area contributed by atoms with Gasteiger partial charge in [0.2, 0.25) is 5.78 Å². The molecule has 2 aromatic rings. The largest absolute Gasteiger partial charge is 0.872 e. The van der Waals surface area contributed by atoms with E-state index in [1.54, 1.807) is 12.1 Å². The van der Waals surface area contributed by atoms with Crippen LogP contribution in [0.1, 0.15) is 21.5 Å². The maximum atomic E-state index is 12.8. The van der Waals surface area contributed by atoms with Gasteiger partial charge in [-0.1, -0.05) is 18.2 Å². The lowest BCUT2D eigenvalue weighted by Gasteiger charge is -2.35. The third-order valence-electron chi connectivity index (χ3n) is 5.56. The summed E-state index contributed by atoms with van der Waals surface area (Å²) in [5, 5.41) is 40.0. The number of rotatable bonds is 6. The Hall–Kier alpha value is -2.95. The van der Waals surface area contributed by atoms with Gasteiger partial charge < -0.3 is 14.9 Å². The van der Waals surface area contributed by atoms with Gasteiger partial charge in [0.25, 0.3) is 0 Å². The van der Waals surface area contributed by atoms with Crippen LogP contribution in [0.15, 0.2) is 42.2 Å². The van der Waals surface area contributed by atoms with E-state index in [1.165, 1.54) is 30.3 Å². The molecule has 2 heterocycles. The van der Waals surface area contributed by atoms with E-state index in [1.807, 2.05) is 0 Å². The summed E-state index contributed by atoms with van der Waals surface area (Å²) >= 11 is 0. The molecule has 9 nitrogen and oxygen atoms in total. The molecule has 0 spiro atoms. The van der Waals surface area contributed by atoms with Crippen LogP contribution < -0.4 is 15.1 Å². The summed E-state index contributed by atoms with van der Waals surface area (Å²) in [4.78, 5) is 17.1. The first kappa shape index (κ1) is 21.3. The first-order valence-electron chi connectivity index (χ1n) is 10.1. The third-order valence-corrected chi connectivity index (χ3v) is 5.56. The van der Waals surface area contributed by atoms with Crippen molar-refractivity contribution in [1.82, 2.24) is 9.80 Å². The van der Waals surface area contributed by atoms with E-state index in [9.17, 15) is 20.3 Å². The minimum absolute atomic E-state index is 0.00377. The highest BCUT2D eigenvalue weighted by Crippen LogP contribution is 2.39. The molecule has 164 valence electrons. The Bertz CT molecular complexity index is 999. The van der Waals surface area contributed by atoms with Crippen LogP contribution in [0.4, 0.5) is 5.69 Å². The molecule has 2 aliphatic heterocycles. The molecule has 2 aromatic carbocycles. The zero-order valence-electron chi connectivity index (χ0n) is 16.9. The van der Waals surface area contributed by atoms with Crippen LogP contribution in [0.25, 0.3) is 6.08 Å². The number of aliphatic hydroxyl groups is 1. The Kier molecular flexibility index (Phi) is 6.21. The highest BCUT2D eigenvalue weighted by molar-refractivity contribution is 6.15. The number of hydrogen-bond acceptors (Lipinski definition) is 9. The molecule has 0 bridgehead atoms.